The minimum absolute atomic E-state index is 0.543. The van der Waals surface area contributed by atoms with Crippen molar-refractivity contribution < 1.29 is 0 Å². The van der Waals surface area contributed by atoms with Gasteiger partial charge >= 0.3 is 0 Å². The third kappa shape index (κ3) is 3.62. The Morgan fingerprint density at radius 3 is 2.53 bits per heavy atom. The van der Waals surface area contributed by atoms with E-state index in [1.165, 1.54) is 25.7 Å². The molecule has 3 N–H and O–H groups in total. The summed E-state index contributed by atoms with van der Waals surface area (Å²) in [5.74, 6) is 2.63. The number of nitrogens with one attached hydrogen (secondary N) is 1. The Hall–Kier alpha value is -0.770. The molecule has 0 aromatic carbocycles. The zero-order valence-corrected chi connectivity index (χ0v) is 13.6. The van der Waals surface area contributed by atoms with Gasteiger partial charge in [-0.25, -0.2) is 4.98 Å². The van der Waals surface area contributed by atoms with Crippen LogP contribution in [0.15, 0.2) is 10.5 Å². The number of anilines is 2. The molecule has 1 heterocycles. The number of hydrogen-bond donors (Lipinski definition) is 2. The van der Waals surface area contributed by atoms with Crippen LogP contribution in [0.3, 0.4) is 0 Å². The fourth-order valence-electron chi connectivity index (χ4n) is 2.82. The van der Waals surface area contributed by atoms with Crippen molar-refractivity contribution >= 4 is 27.4 Å². The molecule has 4 heteroatoms. The third-order valence-corrected chi connectivity index (χ3v) is 4.87. The summed E-state index contributed by atoms with van der Waals surface area (Å²) in [7, 11) is 0. The van der Waals surface area contributed by atoms with Crippen LogP contribution >= 0.6 is 15.9 Å². The van der Waals surface area contributed by atoms with Crippen LogP contribution < -0.4 is 11.1 Å². The molecule has 0 spiro atoms. The van der Waals surface area contributed by atoms with Crippen molar-refractivity contribution in [2.75, 3.05) is 11.1 Å². The standard InChI is InChI=1S/C15H24BrN3/c1-9(2)11-4-6-12(7-5-11)19-15-13(16)8-14(17)10(3)18-15/h8-9,11-12H,4-7,17H2,1-3H3,(H,18,19)/t11-,12-. The first kappa shape index (κ1) is 14.6. The molecule has 0 bridgehead atoms. The third-order valence-electron chi connectivity index (χ3n) is 4.26. The molecule has 1 fully saturated rings. The summed E-state index contributed by atoms with van der Waals surface area (Å²) >= 11 is 3.54. The molecule has 1 aromatic rings. The summed E-state index contributed by atoms with van der Waals surface area (Å²) in [5.41, 5.74) is 7.48. The van der Waals surface area contributed by atoms with Crippen LogP contribution in [0.1, 0.15) is 45.2 Å². The predicted octanol–water partition coefficient (Wildman–Crippen LogP) is 4.36. The average molecular weight is 326 g/mol. The van der Waals surface area contributed by atoms with Gasteiger partial charge in [0.2, 0.25) is 0 Å². The molecule has 0 radical (unpaired) electrons. The maximum absolute atomic E-state index is 5.85. The molecule has 106 valence electrons. The van der Waals surface area contributed by atoms with E-state index in [4.69, 9.17) is 5.73 Å². The van der Waals surface area contributed by atoms with Crippen molar-refractivity contribution in [1.29, 1.82) is 0 Å². The number of aromatic nitrogens is 1. The summed E-state index contributed by atoms with van der Waals surface area (Å²) < 4.78 is 0.960. The quantitative estimate of drug-likeness (QED) is 0.867. The highest BCUT2D eigenvalue weighted by molar-refractivity contribution is 9.10. The van der Waals surface area contributed by atoms with Gasteiger partial charge in [-0.1, -0.05) is 13.8 Å². The number of nitrogens with two attached hydrogens (primary N) is 1. The fraction of sp³-hybridized carbons (Fsp3) is 0.667. The molecule has 0 saturated heterocycles. The van der Waals surface area contributed by atoms with Crippen LogP contribution in [-0.2, 0) is 0 Å². The topological polar surface area (TPSA) is 50.9 Å². The van der Waals surface area contributed by atoms with Crippen LogP contribution in [0.4, 0.5) is 11.5 Å². The van der Waals surface area contributed by atoms with Gasteiger partial charge < -0.3 is 11.1 Å². The normalized spacial score (nSPS) is 23.6. The molecule has 1 aromatic heterocycles. The van der Waals surface area contributed by atoms with Crippen LogP contribution in [0.2, 0.25) is 0 Å². The van der Waals surface area contributed by atoms with Crippen molar-refractivity contribution in [3.05, 3.63) is 16.2 Å². The Labute approximate surface area is 124 Å². The number of halogens is 1. The highest BCUT2D eigenvalue weighted by Gasteiger charge is 2.23. The molecule has 3 nitrogen and oxygen atoms in total. The van der Waals surface area contributed by atoms with Crippen LogP contribution in [0, 0.1) is 18.8 Å². The largest absolute Gasteiger partial charge is 0.397 e. The lowest BCUT2D eigenvalue weighted by Crippen LogP contribution is -2.28. The monoisotopic (exact) mass is 325 g/mol. The first-order chi connectivity index (χ1) is 8.97. The summed E-state index contributed by atoms with van der Waals surface area (Å²) in [4.78, 5) is 4.54. The molecule has 0 atom stereocenters. The molecular formula is C15H24BrN3. The molecule has 2 rings (SSSR count). The number of rotatable bonds is 3. The summed E-state index contributed by atoms with van der Waals surface area (Å²) in [6, 6.07) is 2.48. The number of pyridine rings is 1. The van der Waals surface area contributed by atoms with E-state index in [0.29, 0.717) is 6.04 Å². The van der Waals surface area contributed by atoms with Crippen molar-refractivity contribution in [2.45, 2.75) is 52.5 Å². The highest BCUT2D eigenvalue weighted by Crippen LogP contribution is 2.32. The lowest BCUT2D eigenvalue weighted by atomic mass is 9.80. The molecule has 0 unspecified atom stereocenters. The van der Waals surface area contributed by atoms with E-state index < -0.39 is 0 Å². The van der Waals surface area contributed by atoms with Gasteiger partial charge in [-0.15, -0.1) is 0 Å². The van der Waals surface area contributed by atoms with E-state index in [1.54, 1.807) is 0 Å². The Morgan fingerprint density at radius 1 is 1.32 bits per heavy atom. The minimum atomic E-state index is 0.543. The van der Waals surface area contributed by atoms with Crippen molar-refractivity contribution in [2.24, 2.45) is 11.8 Å². The van der Waals surface area contributed by atoms with Gasteiger partial charge in [0.25, 0.3) is 0 Å². The first-order valence-corrected chi connectivity index (χ1v) is 7.95. The number of hydrogen-bond acceptors (Lipinski definition) is 3. The van der Waals surface area contributed by atoms with Gasteiger partial charge in [-0.05, 0) is 66.4 Å². The molecular weight excluding hydrogens is 302 g/mol. The molecule has 1 aliphatic rings. The zero-order valence-electron chi connectivity index (χ0n) is 12.0. The summed E-state index contributed by atoms with van der Waals surface area (Å²) in [6.07, 6.45) is 5.11. The summed E-state index contributed by atoms with van der Waals surface area (Å²) in [6.45, 7) is 6.61. The van der Waals surface area contributed by atoms with E-state index in [9.17, 15) is 0 Å². The maximum atomic E-state index is 5.85. The number of nitrogens with zero attached hydrogens (tertiary/aromatic N) is 1. The van der Waals surface area contributed by atoms with E-state index >= 15 is 0 Å². The molecule has 1 aliphatic carbocycles. The van der Waals surface area contributed by atoms with Crippen LogP contribution in [-0.4, -0.2) is 11.0 Å². The van der Waals surface area contributed by atoms with Crippen molar-refractivity contribution in [1.82, 2.24) is 4.98 Å². The Morgan fingerprint density at radius 2 is 1.95 bits per heavy atom. The second kappa shape index (κ2) is 6.12. The maximum Gasteiger partial charge on any atom is 0.140 e. The van der Waals surface area contributed by atoms with Crippen molar-refractivity contribution in [3.63, 3.8) is 0 Å². The molecule has 19 heavy (non-hydrogen) atoms. The Kier molecular flexibility index (Phi) is 4.71. The summed E-state index contributed by atoms with van der Waals surface area (Å²) in [5, 5.41) is 3.56. The van der Waals surface area contributed by atoms with Gasteiger partial charge in [0.05, 0.1) is 15.9 Å². The van der Waals surface area contributed by atoms with E-state index in [0.717, 1.165) is 33.5 Å². The second-order valence-electron chi connectivity index (χ2n) is 5.99. The van der Waals surface area contributed by atoms with E-state index in [1.807, 2.05) is 13.0 Å². The Balaban J connectivity index is 1.98. The first-order valence-electron chi connectivity index (χ1n) is 7.16. The highest BCUT2D eigenvalue weighted by atomic mass is 79.9. The smallest absolute Gasteiger partial charge is 0.140 e. The van der Waals surface area contributed by atoms with Crippen LogP contribution in [0.5, 0.6) is 0 Å². The molecule has 0 amide bonds. The average Bonchev–Trinajstić information content (AvgIpc) is 2.36. The lowest BCUT2D eigenvalue weighted by Gasteiger charge is -2.31. The van der Waals surface area contributed by atoms with Gasteiger partial charge in [-0.3, -0.25) is 0 Å². The predicted molar refractivity (Wildman–Crippen MR) is 85.3 cm³/mol. The van der Waals surface area contributed by atoms with Gasteiger partial charge in [0.1, 0.15) is 5.82 Å². The number of nitrogen functional groups attached to an aromatic ring is 1. The molecule has 1 saturated carbocycles. The van der Waals surface area contributed by atoms with Gasteiger partial charge in [0, 0.05) is 6.04 Å². The minimum Gasteiger partial charge on any atom is -0.397 e. The SMILES string of the molecule is Cc1nc(N[C@H]2CC[C@H](C(C)C)CC2)c(Br)cc1N. The molecule has 0 aliphatic heterocycles. The lowest BCUT2D eigenvalue weighted by molar-refractivity contribution is 0.266. The zero-order chi connectivity index (χ0) is 14.0. The number of aryl methyl sites for hydroxylation is 1. The van der Waals surface area contributed by atoms with E-state index in [-0.39, 0.29) is 0 Å². The van der Waals surface area contributed by atoms with Crippen LogP contribution in [0.25, 0.3) is 0 Å². The van der Waals surface area contributed by atoms with Gasteiger partial charge in [-0.2, -0.15) is 0 Å². The Bertz CT molecular complexity index is 437. The van der Waals surface area contributed by atoms with Gasteiger partial charge in [0.15, 0.2) is 0 Å². The van der Waals surface area contributed by atoms with E-state index in [2.05, 4.69) is 40.1 Å². The fourth-order valence-corrected chi connectivity index (χ4v) is 3.27. The second-order valence-corrected chi connectivity index (χ2v) is 6.85. The van der Waals surface area contributed by atoms with Crippen molar-refractivity contribution in [3.8, 4) is 0 Å².